The van der Waals surface area contributed by atoms with Gasteiger partial charge in [-0.05, 0) is 43.9 Å². The highest BCUT2D eigenvalue weighted by Crippen LogP contribution is 2.35. The summed E-state index contributed by atoms with van der Waals surface area (Å²) < 4.78 is 2.34. The first-order chi connectivity index (χ1) is 9.19. The summed E-state index contributed by atoms with van der Waals surface area (Å²) in [5.74, 6) is 1.71. The summed E-state index contributed by atoms with van der Waals surface area (Å²) in [7, 11) is 0. The fraction of sp³-hybridized carbons (Fsp3) is 0.533. The van der Waals surface area contributed by atoms with Crippen LogP contribution < -0.4 is 5.73 Å². The molecular weight excluding hydrogens is 258 g/mol. The van der Waals surface area contributed by atoms with E-state index in [4.69, 9.17) is 22.3 Å². The molecule has 1 aromatic carbocycles. The molecule has 1 fully saturated rings. The Morgan fingerprint density at radius 2 is 2.26 bits per heavy atom. The van der Waals surface area contributed by atoms with Gasteiger partial charge in [-0.2, -0.15) is 0 Å². The monoisotopic (exact) mass is 277 g/mol. The molecule has 102 valence electrons. The molecule has 1 aliphatic rings. The second-order valence-corrected chi connectivity index (χ2v) is 5.96. The van der Waals surface area contributed by atoms with Crippen molar-refractivity contribution in [2.24, 2.45) is 5.73 Å². The van der Waals surface area contributed by atoms with Gasteiger partial charge in [-0.1, -0.05) is 18.5 Å². The SMILES string of the molecule is CCCn1c([C@@H]2CC[C@H](N)C2)nc2ccc(Cl)cc21. The lowest BCUT2D eigenvalue weighted by Crippen LogP contribution is -2.15. The van der Waals surface area contributed by atoms with Gasteiger partial charge in [0.25, 0.3) is 0 Å². The van der Waals surface area contributed by atoms with Crippen molar-refractivity contribution in [2.75, 3.05) is 0 Å². The molecule has 19 heavy (non-hydrogen) atoms. The van der Waals surface area contributed by atoms with E-state index in [-0.39, 0.29) is 0 Å². The predicted molar refractivity (Wildman–Crippen MR) is 79.6 cm³/mol. The van der Waals surface area contributed by atoms with E-state index >= 15 is 0 Å². The molecule has 1 heterocycles. The number of rotatable bonds is 3. The molecule has 1 saturated carbocycles. The van der Waals surface area contributed by atoms with Crippen LogP contribution in [0.4, 0.5) is 0 Å². The molecule has 2 N–H and O–H groups in total. The number of nitrogens with zero attached hydrogens (tertiary/aromatic N) is 2. The van der Waals surface area contributed by atoms with Crippen molar-refractivity contribution in [3.05, 3.63) is 29.0 Å². The van der Waals surface area contributed by atoms with Gasteiger partial charge >= 0.3 is 0 Å². The lowest BCUT2D eigenvalue weighted by molar-refractivity contribution is 0.577. The minimum atomic E-state index is 0.337. The summed E-state index contributed by atoms with van der Waals surface area (Å²) in [6.07, 6.45) is 4.42. The first kappa shape index (κ1) is 12.9. The van der Waals surface area contributed by atoms with E-state index in [0.29, 0.717) is 12.0 Å². The van der Waals surface area contributed by atoms with Crippen LogP contribution in [0.15, 0.2) is 18.2 Å². The van der Waals surface area contributed by atoms with E-state index in [1.807, 2.05) is 18.2 Å². The van der Waals surface area contributed by atoms with Crippen LogP contribution in [0.2, 0.25) is 5.02 Å². The molecule has 0 aliphatic heterocycles. The van der Waals surface area contributed by atoms with Gasteiger partial charge in [-0.15, -0.1) is 0 Å². The van der Waals surface area contributed by atoms with Gasteiger partial charge in [0.1, 0.15) is 5.82 Å². The molecule has 0 spiro atoms. The highest BCUT2D eigenvalue weighted by atomic mass is 35.5. The lowest BCUT2D eigenvalue weighted by Gasteiger charge is -2.13. The van der Waals surface area contributed by atoms with Gasteiger partial charge in [-0.25, -0.2) is 4.98 Å². The van der Waals surface area contributed by atoms with E-state index in [1.54, 1.807) is 0 Å². The molecule has 1 aliphatic carbocycles. The van der Waals surface area contributed by atoms with E-state index in [1.165, 1.54) is 5.82 Å². The zero-order valence-corrected chi connectivity index (χ0v) is 12.0. The van der Waals surface area contributed by atoms with Gasteiger partial charge < -0.3 is 10.3 Å². The van der Waals surface area contributed by atoms with Crippen LogP contribution in [0.5, 0.6) is 0 Å². The zero-order chi connectivity index (χ0) is 13.4. The zero-order valence-electron chi connectivity index (χ0n) is 11.3. The van der Waals surface area contributed by atoms with Crippen molar-refractivity contribution in [1.29, 1.82) is 0 Å². The van der Waals surface area contributed by atoms with Crippen molar-refractivity contribution < 1.29 is 0 Å². The first-order valence-corrected chi connectivity index (χ1v) is 7.48. The highest BCUT2D eigenvalue weighted by Gasteiger charge is 2.27. The molecule has 3 nitrogen and oxygen atoms in total. The minimum Gasteiger partial charge on any atom is -0.328 e. The van der Waals surface area contributed by atoms with Crippen molar-refractivity contribution in [3.8, 4) is 0 Å². The van der Waals surface area contributed by atoms with Crippen LogP contribution >= 0.6 is 11.6 Å². The average Bonchev–Trinajstić information content (AvgIpc) is 2.95. The number of fused-ring (bicyclic) bond motifs is 1. The molecule has 0 saturated heterocycles. The number of hydrogen-bond donors (Lipinski definition) is 1. The number of halogens is 1. The van der Waals surface area contributed by atoms with Crippen molar-refractivity contribution in [3.63, 3.8) is 0 Å². The van der Waals surface area contributed by atoms with E-state index < -0.39 is 0 Å². The number of nitrogens with two attached hydrogens (primary N) is 1. The Balaban J connectivity index is 2.09. The van der Waals surface area contributed by atoms with E-state index in [9.17, 15) is 0 Å². The number of imidazole rings is 1. The van der Waals surface area contributed by atoms with Crippen molar-refractivity contribution in [2.45, 2.75) is 51.1 Å². The van der Waals surface area contributed by atoms with E-state index in [2.05, 4.69) is 11.5 Å². The molecule has 0 radical (unpaired) electrons. The topological polar surface area (TPSA) is 43.8 Å². The van der Waals surface area contributed by atoms with Crippen LogP contribution in [0.3, 0.4) is 0 Å². The molecule has 2 atom stereocenters. The van der Waals surface area contributed by atoms with Crippen LogP contribution in [-0.4, -0.2) is 15.6 Å². The molecular formula is C15H20ClN3. The Morgan fingerprint density at radius 1 is 1.42 bits per heavy atom. The van der Waals surface area contributed by atoms with Gasteiger partial charge in [0, 0.05) is 23.5 Å². The summed E-state index contributed by atoms with van der Waals surface area (Å²) in [5.41, 5.74) is 8.25. The molecule has 4 heteroatoms. The predicted octanol–water partition coefficient (Wildman–Crippen LogP) is 3.69. The second-order valence-electron chi connectivity index (χ2n) is 5.52. The lowest BCUT2D eigenvalue weighted by atomic mass is 10.1. The maximum Gasteiger partial charge on any atom is 0.113 e. The average molecular weight is 278 g/mol. The molecule has 0 unspecified atom stereocenters. The van der Waals surface area contributed by atoms with Crippen LogP contribution in [0.25, 0.3) is 11.0 Å². The normalized spacial score (nSPS) is 23.3. The number of aryl methyl sites for hydroxylation is 1. The van der Waals surface area contributed by atoms with Crippen molar-refractivity contribution >= 4 is 22.6 Å². The third kappa shape index (κ3) is 2.37. The summed E-state index contributed by atoms with van der Waals surface area (Å²) in [5, 5.41) is 0.777. The second kappa shape index (κ2) is 5.14. The number of hydrogen-bond acceptors (Lipinski definition) is 2. The van der Waals surface area contributed by atoms with Gasteiger partial charge in [0.05, 0.1) is 11.0 Å². The van der Waals surface area contributed by atoms with E-state index in [0.717, 1.165) is 48.3 Å². The molecule has 2 aromatic rings. The maximum absolute atomic E-state index is 6.12. The summed E-state index contributed by atoms with van der Waals surface area (Å²) in [4.78, 5) is 4.84. The Bertz CT molecular complexity index is 590. The van der Waals surface area contributed by atoms with Crippen LogP contribution in [0, 0.1) is 0 Å². The van der Waals surface area contributed by atoms with Crippen molar-refractivity contribution in [1.82, 2.24) is 9.55 Å². The molecule has 0 amide bonds. The Labute approximate surface area is 118 Å². The number of aromatic nitrogens is 2. The quantitative estimate of drug-likeness (QED) is 0.930. The summed E-state index contributed by atoms with van der Waals surface area (Å²) >= 11 is 6.12. The first-order valence-electron chi connectivity index (χ1n) is 7.10. The Hall–Kier alpha value is -1.06. The fourth-order valence-corrected chi connectivity index (χ4v) is 3.30. The smallest absolute Gasteiger partial charge is 0.113 e. The van der Waals surface area contributed by atoms with Gasteiger partial charge in [0.15, 0.2) is 0 Å². The largest absolute Gasteiger partial charge is 0.328 e. The van der Waals surface area contributed by atoms with Crippen LogP contribution in [-0.2, 0) is 6.54 Å². The third-order valence-corrected chi connectivity index (χ3v) is 4.26. The third-order valence-electron chi connectivity index (χ3n) is 4.03. The summed E-state index contributed by atoms with van der Waals surface area (Å²) in [6, 6.07) is 6.29. The van der Waals surface area contributed by atoms with Gasteiger partial charge in [-0.3, -0.25) is 0 Å². The maximum atomic E-state index is 6.12. The number of benzene rings is 1. The molecule has 3 rings (SSSR count). The standard InChI is InChI=1S/C15H20ClN3/c1-2-7-19-14-9-11(16)4-6-13(14)18-15(19)10-3-5-12(17)8-10/h4,6,9-10,12H,2-3,5,7-8,17H2,1H3/t10-,12+/m1/s1. The summed E-state index contributed by atoms with van der Waals surface area (Å²) in [6.45, 7) is 3.19. The minimum absolute atomic E-state index is 0.337. The highest BCUT2D eigenvalue weighted by molar-refractivity contribution is 6.31. The Kier molecular flexibility index (Phi) is 3.50. The van der Waals surface area contributed by atoms with Crippen LogP contribution in [0.1, 0.15) is 44.3 Å². The fourth-order valence-electron chi connectivity index (χ4n) is 3.14. The van der Waals surface area contributed by atoms with Gasteiger partial charge in [0.2, 0.25) is 0 Å². The Morgan fingerprint density at radius 3 is 2.95 bits per heavy atom. The molecule has 1 aromatic heterocycles. The molecule has 0 bridgehead atoms.